The minimum Gasteiger partial charge on any atom is -0.468 e. The molecule has 2 aromatic heterocycles. The number of aldehydes is 1. The molecule has 226 valence electrons. The second-order valence-corrected chi connectivity index (χ2v) is 9.65. The van der Waals surface area contributed by atoms with Crippen molar-refractivity contribution in [2.45, 2.75) is 32.4 Å². The van der Waals surface area contributed by atoms with Gasteiger partial charge in [0.2, 0.25) is 0 Å². The molecule has 0 bridgehead atoms. The first-order chi connectivity index (χ1) is 20.4. The highest BCUT2D eigenvalue weighted by atomic mass is 16.6. The van der Waals surface area contributed by atoms with Crippen LogP contribution < -0.4 is 0 Å². The SMILES string of the molecule is COC(=O)C(C(=O)OC)c1cc(-c2cn(C)nc2COCC(C)N(C)C(=O)c2cc(C)[nH]c2C=O)cc(C#N)c1[N+](=O)[O-]. The Morgan fingerprint density at radius 2 is 1.88 bits per heavy atom. The molecule has 15 heteroatoms. The van der Waals surface area contributed by atoms with Crippen LogP contribution in [0, 0.1) is 28.4 Å². The number of carbonyl (C=O) groups is 4. The number of nitrogens with one attached hydrogen (secondary N) is 1. The van der Waals surface area contributed by atoms with E-state index >= 15 is 0 Å². The van der Waals surface area contributed by atoms with Gasteiger partial charge in [-0.15, -0.1) is 0 Å². The number of nitro groups is 1. The van der Waals surface area contributed by atoms with Crippen LogP contribution in [0.3, 0.4) is 0 Å². The summed E-state index contributed by atoms with van der Waals surface area (Å²) in [7, 11) is 5.25. The van der Waals surface area contributed by atoms with Crippen LogP contribution in [0.4, 0.5) is 5.69 Å². The van der Waals surface area contributed by atoms with Crippen LogP contribution in [0.15, 0.2) is 24.4 Å². The van der Waals surface area contributed by atoms with E-state index in [1.165, 1.54) is 21.7 Å². The van der Waals surface area contributed by atoms with E-state index in [-0.39, 0.29) is 41.5 Å². The van der Waals surface area contributed by atoms with Gasteiger partial charge in [-0.2, -0.15) is 10.4 Å². The molecule has 3 aromatic rings. The third-order valence-corrected chi connectivity index (χ3v) is 6.75. The Morgan fingerprint density at radius 1 is 1.23 bits per heavy atom. The van der Waals surface area contributed by atoms with Crippen LogP contribution in [-0.2, 0) is 37.5 Å². The molecule has 2 heterocycles. The Bertz CT molecular complexity index is 1600. The predicted molar refractivity (Wildman–Crippen MR) is 149 cm³/mol. The number of carbonyl (C=O) groups excluding carboxylic acids is 4. The molecule has 0 saturated carbocycles. The van der Waals surface area contributed by atoms with Crippen molar-refractivity contribution in [2.24, 2.45) is 7.05 Å². The quantitative estimate of drug-likeness (QED) is 0.106. The van der Waals surface area contributed by atoms with E-state index in [1.54, 1.807) is 46.3 Å². The van der Waals surface area contributed by atoms with Gasteiger partial charge in [0.15, 0.2) is 12.2 Å². The molecule has 1 amide bonds. The minimum absolute atomic E-state index is 0.0585. The van der Waals surface area contributed by atoms with Crippen molar-refractivity contribution in [3.8, 4) is 17.2 Å². The highest BCUT2D eigenvalue weighted by Crippen LogP contribution is 2.37. The fourth-order valence-corrected chi connectivity index (χ4v) is 4.50. The fraction of sp³-hybridized carbons (Fsp3) is 0.357. The number of aromatic amines is 1. The molecule has 43 heavy (non-hydrogen) atoms. The van der Waals surface area contributed by atoms with E-state index in [9.17, 15) is 34.6 Å². The summed E-state index contributed by atoms with van der Waals surface area (Å²) in [4.78, 5) is 64.7. The lowest BCUT2D eigenvalue weighted by atomic mass is 9.90. The first kappa shape index (κ1) is 32.2. The zero-order chi connectivity index (χ0) is 32.0. The van der Waals surface area contributed by atoms with Gasteiger partial charge in [-0.05, 0) is 37.6 Å². The summed E-state index contributed by atoms with van der Waals surface area (Å²) < 4.78 is 16.7. The van der Waals surface area contributed by atoms with Crippen molar-refractivity contribution >= 4 is 29.8 Å². The van der Waals surface area contributed by atoms with E-state index in [2.05, 4.69) is 10.1 Å². The highest BCUT2D eigenvalue weighted by molar-refractivity contribution is 6.02. The van der Waals surface area contributed by atoms with Crippen LogP contribution in [0.5, 0.6) is 0 Å². The Hall–Kier alpha value is -5.36. The number of H-pyrrole nitrogens is 1. The molecule has 1 atom stereocenters. The van der Waals surface area contributed by atoms with Crippen molar-refractivity contribution in [2.75, 3.05) is 27.9 Å². The van der Waals surface area contributed by atoms with Crippen molar-refractivity contribution < 1.29 is 38.3 Å². The van der Waals surface area contributed by atoms with Crippen LogP contribution in [0.2, 0.25) is 0 Å². The molecule has 0 radical (unpaired) electrons. The van der Waals surface area contributed by atoms with Gasteiger partial charge in [0.1, 0.15) is 11.6 Å². The molecule has 3 rings (SSSR count). The number of aromatic nitrogens is 3. The van der Waals surface area contributed by atoms with E-state index in [0.717, 1.165) is 14.2 Å². The van der Waals surface area contributed by atoms with Gasteiger partial charge in [0, 0.05) is 31.5 Å². The van der Waals surface area contributed by atoms with E-state index in [1.807, 2.05) is 0 Å². The number of rotatable bonds is 12. The standard InChI is InChI=1S/C28H30N6O9/c1-15-7-19(22(12-35)30-15)26(36)33(4)16(2)13-43-14-23-21(11-32(3)31-23)17-8-18(10-29)25(34(39)40)20(9-17)24(27(37)41-5)28(38)42-6/h7-9,11-12,16,24,30H,13-14H2,1-6H3. The number of benzene rings is 1. The Morgan fingerprint density at radius 3 is 2.44 bits per heavy atom. The van der Waals surface area contributed by atoms with Gasteiger partial charge in [0.05, 0.1) is 60.9 Å². The predicted octanol–water partition coefficient (Wildman–Crippen LogP) is 2.42. The van der Waals surface area contributed by atoms with E-state index in [4.69, 9.17) is 14.2 Å². The molecule has 1 unspecified atom stereocenters. The molecule has 0 saturated heterocycles. The lowest BCUT2D eigenvalue weighted by molar-refractivity contribution is -0.385. The monoisotopic (exact) mass is 594 g/mol. The molecule has 0 spiro atoms. The average molecular weight is 595 g/mol. The number of likely N-dealkylation sites (N-methyl/N-ethyl adjacent to an activating group) is 1. The molecule has 0 fully saturated rings. The molecule has 15 nitrogen and oxygen atoms in total. The summed E-state index contributed by atoms with van der Waals surface area (Å²) in [5.41, 5.74) is 0.644. The van der Waals surface area contributed by atoms with Gasteiger partial charge in [-0.3, -0.25) is 34.0 Å². The zero-order valence-electron chi connectivity index (χ0n) is 24.4. The number of ether oxygens (including phenoxy) is 3. The number of aryl methyl sites for hydroxylation is 2. The number of hydrogen-bond acceptors (Lipinski definition) is 11. The second-order valence-electron chi connectivity index (χ2n) is 9.65. The number of nitrogens with zero attached hydrogens (tertiary/aromatic N) is 5. The summed E-state index contributed by atoms with van der Waals surface area (Å²) in [6.07, 6.45) is 2.17. The number of nitro benzene ring substituents is 1. The summed E-state index contributed by atoms with van der Waals surface area (Å²) in [6.45, 7) is 3.52. The summed E-state index contributed by atoms with van der Waals surface area (Å²) in [5.74, 6) is -4.40. The molecule has 0 aliphatic heterocycles. The Labute approximate surface area is 246 Å². The second kappa shape index (κ2) is 13.5. The average Bonchev–Trinajstić information content (AvgIpc) is 3.56. The lowest BCUT2D eigenvalue weighted by Crippen LogP contribution is -2.38. The molecule has 1 aromatic carbocycles. The van der Waals surface area contributed by atoms with E-state index in [0.29, 0.717) is 23.2 Å². The van der Waals surface area contributed by atoms with Crippen molar-refractivity contribution in [1.29, 1.82) is 5.26 Å². The Kier molecular flexibility index (Phi) is 10.1. The number of amides is 1. The number of esters is 2. The van der Waals surface area contributed by atoms with Crippen LogP contribution >= 0.6 is 0 Å². The largest absolute Gasteiger partial charge is 0.468 e. The molecular weight excluding hydrogens is 564 g/mol. The molecule has 0 aliphatic carbocycles. The Balaban J connectivity index is 1.93. The highest BCUT2D eigenvalue weighted by Gasteiger charge is 2.38. The lowest BCUT2D eigenvalue weighted by Gasteiger charge is -2.24. The van der Waals surface area contributed by atoms with Gasteiger partial charge >= 0.3 is 11.9 Å². The van der Waals surface area contributed by atoms with Crippen LogP contribution in [-0.4, -0.2) is 82.6 Å². The fourth-order valence-electron chi connectivity index (χ4n) is 4.50. The molecule has 0 aliphatic rings. The smallest absolute Gasteiger partial charge is 0.324 e. The van der Waals surface area contributed by atoms with Crippen molar-refractivity contribution in [3.63, 3.8) is 0 Å². The third-order valence-electron chi connectivity index (χ3n) is 6.75. The first-order valence-electron chi connectivity index (χ1n) is 12.8. The third kappa shape index (κ3) is 6.76. The van der Waals surface area contributed by atoms with Crippen molar-refractivity contribution in [1.82, 2.24) is 19.7 Å². The maximum atomic E-state index is 13.0. The maximum Gasteiger partial charge on any atom is 0.324 e. The van der Waals surface area contributed by atoms with Gasteiger partial charge in [0.25, 0.3) is 11.6 Å². The number of nitriles is 1. The maximum absolute atomic E-state index is 13.0. The molecule has 1 N–H and O–H groups in total. The minimum atomic E-state index is -1.82. The summed E-state index contributed by atoms with van der Waals surface area (Å²) >= 11 is 0. The number of hydrogen-bond donors (Lipinski definition) is 1. The zero-order valence-corrected chi connectivity index (χ0v) is 24.4. The summed E-state index contributed by atoms with van der Waals surface area (Å²) in [6, 6.07) is 5.45. The van der Waals surface area contributed by atoms with Crippen LogP contribution in [0.1, 0.15) is 56.2 Å². The van der Waals surface area contributed by atoms with Gasteiger partial charge < -0.3 is 24.1 Å². The van der Waals surface area contributed by atoms with E-state index < -0.39 is 40.1 Å². The van der Waals surface area contributed by atoms with Gasteiger partial charge in [-0.25, -0.2) is 0 Å². The first-order valence-corrected chi connectivity index (χ1v) is 12.8. The summed E-state index contributed by atoms with van der Waals surface area (Å²) in [5, 5.41) is 26.1. The number of methoxy groups -OCH3 is 2. The normalized spacial score (nSPS) is 11.5. The van der Waals surface area contributed by atoms with Crippen molar-refractivity contribution in [3.05, 3.63) is 68.3 Å². The topological polar surface area (TPSA) is 200 Å². The van der Waals surface area contributed by atoms with Crippen LogP contribution in [0.25, 0.3) is 11.1 Å². The van der Waals surface area contributed by atoms with Gasteiger partial charge in [-0.1, -0.05) is 0 Å². The molecular formula is C28H30N6O9.